The number of H-pyrrole nitrogens is 1. The molecule has 0 unspecified atom stereocenters. The quantitative estimate of drug-likeness (QED) is 0.369. The monoisotopic (exact) mass is 527 g/mol. The second kappa shape index (κ2) is 10.4. The van der Waals surface area contributed by atoms with Crippen LogP contribution in [0.3, 0.4) is 0 Å². The van der Waals surface area contributed by atoms with Crippen molar-refractivity contribution < 1.29 is 9.53 Å². The molecule has 1 N–H and O–H groups in total. The molecule has 39 heavy (non-hydrogen) atoms. The van der Waals surface area contributed by atoms with Gasteiger partial charge >= 0.3 is 6.09 Å². The first-order valence-electron chi connectivity index (χ1n) is 13.9. The van der Waals surface area contributed by atoms with Crippen LogP contribution < -0.4 is 0 Å². The zero-order valence-corrected chi connectivity index (χ0v) is 23.1. The Morgan fingerprint density at radius 2 is 1.90 bits per heavy atom. The maximum absolute atomic E-state index is 12.4. The second-order valence-electron chi connectivity index (χ2n) is 11.9. The number of rotatable bonds is 7. The molecule has 4 aromatic rings. The molecule has 9 heteroatoms. The first-order valence-corrected chi connectivity index (χ1v) is 13.9. The molecule has 2 aliphatic rings. The Morgan fingerprint density at radius 3 is 2.67 bits per heavy atom. The topological polar surface area (TPSA) is 92.2 Å². The van der Waals surface area contributed by atoms with Crippen LogP contribution >= 0.6 is 0 Å². The first kappa shape index (κ1) is 25.6. The van der Waals surface area contributed by atoms with Crippen molar-refractivity contribution in [3.63, 3.8) is 0 Å². The second-order valence-corrected chi connectivity index (χ2v) is 11.9. The SMILES string of the molecule is CC(C)(C)OC(=O)N1CCN(Cc2ccnc(Cc3nc4ccc(-c5cnn(CC6CC6)c5)cc4[nH]3)c2)CC1. The van der Waals surface area contributed by atoms with Crippen LogP contribution in [0.2, 0.25) is 0 Å². The van der Waals surface area contributed by atoms with Gasteiger partial charge < -0.3 is 14.6 Å². The average Bonchev–Trinajstić information content (AvgIpc) is 3.42. The molecule has 1 aliphatic heterocycles. The van der Waals surface area contributed by atoms with Crippen LogP contribution in [0.1, 0.15) is 50.7 Å². The van der Waals surface area contributed by atoms with Crippen LogP contribution in [-0.2, 0) is 24.2 Å². The fraction of sp³-hybridized carbons (Fsp3) is 0.467. The van der Waals surface area contributed by atoms with Crippen molar-refractivity contribution in [2.24, 2.45) is 5.92 Å². The lowest BCUT2D eigenvalue weighted by molar-refractivity contribution is 0.0139. The third-order valence-electron chi connectivity index (χ3n) is 7.30. The summed E-state index contributed by atoms with van der Waals surface area (Å²) in [4.78, 5) is 29.4. The lowest BCUT2D eigenvalue weighted by Gasteiger charge is -2.35. The highest BCUT2D eigenvalue weighted by Crippen LogP contribution is 2.31. The van der Waals surface area contributed by atoms with E-state index in [0.29, 0.717) is 19.5 Å². The van der Waals surface area contributed by atoms with E-state index in [1.54, 1.807) is 4.90 Å². The predicted octanol–water partition coefficient (Wildman–Crippen LogP) is 4.87. The summed E-state index contributed by atoms with van der Waals surface area (Å²) in [5, 5.41) is 4.54. The minimum Gasteiger partial charge on any atom is -0.444 e. The molecule has 204 valence electrons. The number of aromatic amines is 1. The van der Waals surface area contributed by atoms with Crippen molar-refractivity contribution in [1.82, 2.24) is 34.5 Å². The number of benzene rings is 1. The van der Waals surface area contributed by atoms with Gasteiger partial charge in [-0.25, -0.2) is 9.78 Å². The Labute approximate surface area is 229 Å². The molecule has 3 aromatic heterocycles. The fourth-order valence-corrected chi connectivity index (χ4v) is 5.07. The minimum absolute atomic E-state index is 0.227. The number of nitrogens with one attached hydrogen (secondary N) is 1. The molecule has 1 saturated carbocycles. The van der Waals surface area contributed by atoms with Gasteiger partial charge in [0.1, 0.15) is 11.4 Å². The number of hydrogen-bond donors (Lipinski definition) is 1. The van der Waals surface area contributed by atoms with Crippen molar-refractivity contribution in [1.29, 1.82) is 0 Å². The molecule has 1 amide bonds. The maximum atomic E-state index is 12.4. The van der Waals surface area contributed by atoms with Crippen molar-refractivity contribution in [2.45, 2.75) is 58.7 Å². The van der Waals surface area contributed by atoms with E-state index in [9.17, 15) is 4.79 Å². The van der Waals surface area contributed by atoms with Crippen molar-refractivity contribution >= 4 is 17.1 Å². The average molecular weight is 528 g/mol. The molecule has 1 saturated heterocycles. The first-order chi connectivity index (χ1) is 18.8. The van der Waals surface area contributed by atoms with Crippen molar-refractivity contribution in [3.8, 4) is 11.1 Å². The summed E-state index contributed by atoms with van der Waals surface area (Å²) in [7, 11) is 0. The van der Waals surface area contributed by atoms with Gasteiger partial charge in [-0.2, -0.15) is 5.10 Å². The summed E-state index contributed by atoms with van der Waals surface area (Å²) >= 11 is 0. The van der Waals surface area contributed by atoms with E-state index in [0.717, 1.165) is 65.8 Å². The van der Waals surface area contributed by atoms with Crippen molar-refractivity contribution in [2.75, 3.05) is 26.2 Å². The standard InChI is InChI=1S/C30H37N7O2/c1-30(2,3)39-29(38)36-12-10-35(11-13-36)18-22-8-9-31-25(14-22)16-28-33-26-7-6-23(15-27(26)34-28)24-17-32-37(20-24)19-21-4-5-21/h6-9,14-15,17,20-21H,4-5,10-13,16,18-19H2,1-3H3,(H,33,34). The molecule has 2 fully saturated rings. The normalized spacial score (nSPS) is 16.6. The minimum atomic E-state index is -0.469. The molecule has 0 bridgehead atoms. The van der Waals surface area contributed by atoms with E-state index >= 15 is 0 Å². The lowest BCUT2D eigenvalue weighted by atomic mass is 10.1. The fourth-order valence-electron chi connectivity index (χ4n) is 5.07. The zero-order chi connectivity index (χ0) is 27.0. The third-order valence-corrected chi connectivity index (χ3v) is 7.30. The van der Waals surface area contributed by atoms with E-state index in [4.69, 9.17) is 9.72 Å². The predicted molar refractivity (Wildman–Crippen MR) is 150 cm³/mol. The van der Waals surface area contributed by atoms with Gasteiger partial charge in [-0.15, -0.1) is 0 Å². The number of amides is 1. The molecular formula is C30H37N7O2. The number of piperazine rings is 1. The number of ether oxygens (including phenoxy) is 1. The van der Waals surface area contributed by atoms with Crippen LogP contribution in [-0.4, -0.2) is 72.4 Å². The van der Waals surface area contributed by atoms with E-state index in [1.807, 2.05) is 33.2 Å². The lowest BCUT2D eigenvalue weighted by Crippen LogP contribution is -2.49. The number of carbonyl (C=O) groups is 1. The number of carbonyl (C=O) groups excluding carboxylic acids is 1. The summed E-state index contributed by atoms with van der Waals surface area (Å²) in [5.41, 5.74) is 5.99. The highest BCUT2D eigenvalue weighted by Gasteiger charge is 2.26. The third kappa shape index (κ3) is 6.47. The van der Waals surface area contributed by atoms with Gasteiger partial charge in [-0.3, -0.25) is 14.6 Å². The van der Waals surface area contributed by atoms with Gasteiger partial charge in [-0.1, -0.05) is 6.07 Å². The smallest absolute Gasteiger partial charge is 0.410 e. The van der Waals surface area contributed by atoms with Gasteiger partial charge in [0.2, 0.25) is 0 Å². The van der Waals surface area contributed by atoms with E-state index in [-0.39, 0.29) is 6.09 Å². The van der Waals surface area contributed by atoms with Gasteiger partial charge in [0.05, 0.1) is 17.2 Å². The van der Waals surface area contributed by atoms with Crippen LogP contribution in [0.25, 0.3) is 22.2 Å². The number of fused-ring (bicyclic) bond motifs is 1. The van der Waals surface area contributed by atoms with E-state index < -0.39 is 5.60 Å². The number of hydrogen-bond acceptors (Lipinski definition) is 6. The summed E-state index contributed by atoms with van der Waals surface area (Å²) in [5.74, 6) is 1.71. The summed E-state index contributed by atoms with van der Waals surface area (Å²) < 4.78 is 7.58. The molecule has 0 atom stereocenters. The molecule has 9 nitrogen and oxygen atoms in total. The van der Waals surface area contributed by atoms with Crippen LogP contribution in [0.5, 0.6) is 0 Å². The Kier molecular flexibility index (Phi) is 6.85. The van der Waals surface area contributed by atoms with Gasteiger partial charge in [0.15, 0.2) is 0 Å². The Hall–Kier alpha value is -3.72. The molecule has 0 spiro atoms. The highest BCUT2D eigenvalue weighted by atomic mass is 16.6. The summed E-state index contributed by atoms with van der Waals surface area (Å²) in [6.07, 6.45) is 9.03. The molecule has 0 radical (unpaired) electrons. The van der Waals surface area contributed by atoms with Crippen LogP contribution in [0.15, 0.2) is 48.9 Å². The van der Waals surface area contributed by atoms with Gasteiger partial charge in [0.25, 0.3) is 0 Å². The summed E-state index contributed by atoms with van der Waals surface area (Å²) in [6.45, 7) is 10.5. The number of pyridine rings is 1. The van der Waals surface area contributed by atoms with Gasteiger partial charge in [0, 0.05) is 69.3 Å². The Balaban J connectivity index is 1.07. The Morgan fingerprint density at radius 1 is 1.08 bits per heavy atom. The highest BCUT2D eigenvalue weighted by molar-refractivity contribution is 5.81. The Bertz CT molecular complexity index is 1460. The van der Waals surface area contributed by atoms with Crippen molar-refractivity contribution in [3.05, 3.63) is 66.0 Å². The number of imidazole rings is 1. The number of aromatic nitrogens is 5. The number of nitrogens with zero attached hydrogens (tertiary/aromatic N) is 6. The summed E-state index contributed by atoms with van der Waals surface area (Å²) in [6, 6.07) is 10.6. The van der Waals surface area contributed by atoms with E-state index in [2.05, 4.69) is 61.2 Å². The van der Waals surface area contributed by atoms with E-state index in [1.165, 1.54) is 18.4 Å². The maximum Gasteiger partial charge on any atom is 0.410 e. The van der Waals surface area contributed by atoms with Crippen LogP contribution in [0, 0.1) is 5.92 Å². The molecule has 4 heterocycles. The molecular weight excluding hydrogens is 490 g/mol. The molecule has 1 aliphatic carbocycles. The van der Waals surface area contributed by atoms with Crippen LogP contribution in [0.4, 0.5) is 4.79 Å². The zero-order valence-electron chi connectivity index (χ0n) is 23.1. The van der Waals surface area contributed by atoms with Gasteiger partial charge in [-0.05, 0) is 74.9 Å². The largest absolute Gasteiger partial charge is 0.444 e. The molecule has 1 aromatic carbocycles. The molecule has 6 rings (SSSR count).